The van der Waals surface area contributed by atoms with Crippen LogP contribution in [0.25, 0.3) is 0 Å². The number of rotatable bonds is 5. The van der Waals surface area contributed by atoms with Gasteiger partial charge in [0.15, 0.2) is 0 Å². The quantitative estimate of drug-likeness (QED) is 0.880. The maximum Gasteiger partial charge on any atom is 0.0596 e. The topological polar surface area (TPSA) is 24.5 Å². The van der Waals surface area contributed by atoms with Crippen molar-refractivity contribution in [1.82, 2.24) is 10.2 Å². The minimum atomic E-state index is 0.0529. The fourth-order valence-corrected chi connectivity index (χ4v) is 2.68. The Hall–Kier alpha value is -0.900. The molecule has 0 radical (unpaired) electrons. The molecule has 0 bridgehead atoms. The van der Waals surface area contributed by atoms with E-state index >= 15 is 0 Å². The van der Waals surface area contributed by atoms with E-state index < -0.39 is 0 Å². The Morgan fingerprint density at radius 2 is 2.05 bits per heavy atom. The maximum atomic E-state index is 5.66. The van der Waals surface area contributed by atoms with Gasteiger partial charge in [-0.2, -0.15) is 0 Å². The van der Waals surface area contributed by atoms with E-state index in [4.69, 9.17) is 4.74 Å². The molecule has 1 saturated heterocycles. The van der Waals surface area contributed by atoms with Crippen LogP contribution in [0.5, 0.6) is 0 Å². The molecule has 1 unspecified atom stereocenters. The lowest BCUT2D eigenvalue weighted by atomic mass is 9.90. The van der Waals surface area contributed by atoms with Gasteiger partial charge in [-0.3, -0.25) is 4.90 Å². The summed E-state index contributed by atoms with van der Waals surface area (Å²) in [6.45, 7) is 11.5. The SMILES string of the molecule is CC(C)OCCN1CCNC(C)(c2ccccc2)C1. The van der Waals surface area contributed by atoms with E-state index in [1.165, 1.54) is 5.56 Å². The van der Waals surface area contributed by atoms with Crippen molar-refractivity contribution >= 4 is 0 Å². The lowest BCUT2D eigenvalue weighted by Crippen LogP contribution is -2.57. The molecular weight excluding hydrogens is 236 g/mol. The summed E-state index contributed by atoms with van der Waals surface area (Å²) in [7, 11) is 0. The molecule has 0 aromatic heterocycles. The monoisotopic (exact) mass is 262 g/mol. The Morgan fingerprint density at radius 1 is 1.32 bits per heavy atom. The Balaban J connectivity index is 1.93. The number of piperazine rings is 1. The van der Waals surface area contributed by atoms with Crippen molar-refractivity contribution in [2.24, 2.45) is 0 Å². The van der Waals surface area contributed by atoms with Gasteiger partial charge in [-0.25, -0.2) is 0 Å². The average molecular weight is 262 g/mol. The van der Waals surface area contributed by atoms with Gasteiger partial charge in [-0.15, -0.1) is 0 Å². The lowest BCUT2D eigenvalue weighted by Gasteiger charge is -2.42. The molecule has 1 heterocycles. The fourth-order valence-electron chi connectivity index (χ4n) is 2.68. The second-order valence-corrected chi connectivity index (χ2v) is 5.82. The highest BCUT2D eigenvalue weighted by Crippen LogP contribution is 2.24. The Morgan fingerprint density at radius 3 is 2.74 bits per heavy atom. The predicted octanol–water partition coefficient (Wildman–Crippen LogP) is 2.23. The van der Waals surface area contributed by atoms with E-state index in [9.17, 15) is 0 Å². The van der Waals surface area contributed by atoms with Crippen LogP contribution < -0.4 is 5.32 Å². The molecule has 0 amide bonds. The number of nitrogens with zero attached hydrogens (tertiary/aromatic N) is 1. The van der Waals surface area contributed by atoms with E-state index in [2.05, 4.69) is 61.3 Å². The summed E-state index contributed by atoms with van der Waals surface area (Å²) < 4.78 is 5.66. The molecule has 1 N–H and O–H groups in total. The van der Waals surface area contributed by atoms with Crippen LogP contribution in [-0.4, -0.2) is 43.8 Å². The van der Waals surface area contributed by atoms with Gasteiger partial charge in [0.1, 0.15) is 0 Å². The lowest BCUT2D eigenvalue weighted by molar-refractivity contribution is 0.0441. The van der Waals surface area contributed by atoms with Crippen LogP contribution in [0.1, 0.15) is 26.3 Å². The van der Waals surface area contributed by atoms with Gasteiger partial charge >= 0.3 is 0 Å². The minimum Gasteiger partial charge on any atom is -0.377 e. The Bertz CT molecular complexity index is 380. The van der Waals surface area contributed by atoms with E-state index in [0.29, 0.717) is 6.10 Å². The van der Waals surface area contributed by atoms with Crippen molar-refractivity contribution in [3.63, 3.8) is 0 Å². The zero-order chi connectivity index (χ0) is 13.7. The van der Waals surface area contributed by atoms with E-state index in [1.807, 2.05) is 0 Å². The van der Waals surface area contributed by atoms with Crippen molar-refractivity contribution in [3.05, 3.63) is 35.9 Å². The molecule has 19 heavy (non-hydrogen) atoms. The number of nitrogens with one attached hydrogen (secondary N) is 1. The van der Waals surface area contributed by atoms with Crippen molar-refractivity contribution in [1.29, 1.82) is 0 Å². The van der Waals surface area contributed by atoms with Crippen LogP contribution in [-0.2, 0) is 10.3 Å². The van der Waals surface area contributed by atoms with Gasteiger partial charge in [0.2, 0.25) is 0 Å². The molecule has 0 spiro atoms. The van der Waals surface area contributed by atoms with Crippen molar-refractivity contribution in [2.75, 3.05) is 32.8 Å². The largest absolute Gasteiger partial charge is 0.377 e. The van der Waals surface area contributed by atoms with E-state index in [-0.39, 0.29) is 5.54 Å². The van der Waals surface area contributed by atoms with Gasteiger partial charge in [-0.05, 0) is 26.3 Å². The van der Waals surface area contributed by atoms with E-state index in [1.54, 1.807) is 0 Å². The van der Waals surface area contributed by atoms with Crippen molar-refractivity contribution < 1.29 is 4.74 Å². The molecule has 0 aliphatic carbocycles. The summed E-state index contributed by atoms with van der Waals surface area (Å²) in [6, 6.07) is 10.7. The van der Waals surface area contributed by atoms with Crippen LogP contribution in [0.15, 0.2) is 30.3 Å². The predicted molar refractivity (Wildman–Crippen MR) is 79.3 cm³/mol. The van der Waals surface area contributed by atoms with Gasteiger partial charge in [0.05, 0.1) is 18.2 Å². The highest BCUT2D eigenvalue weighted by molar-refractivity contribution is 5.24. The normalized spacial score (nSPS) is 24.8. The molecule has 0 saturated carbocycles. The molecule has 1 aliphatic heterocycles. The average Bonchev–Trinajstić information content (AvgIpc) is 2.39. The van der Waals surface area contributed by atoms with Crippen LogP contribution in [0, 0.1) is 0 Å². The smallest absolute Gasteiger partial charge is 0.0596 e. The van der Waals surface area contributed by atoms with Gasteiger partial charge in [0, 0.05) is 26.2 Å². The molecule has 1 fully saturated rings. The van der Waals surface area contributed by atoms with Crippen molar-refractivity contribution in [3.8, 4) is 0 Å². The zero-order valence-corrected chi connectivity index (χ0v) is 12.4. The molecule has 1 aromatic carbocycles. The molecule has 3 nitrogen and oxygen atoms in total. The summed E-state index contributed by atoms with van der Waals surface area (Å²) in [4.78, 5) is 2.49. The number of benzene rings is 1. The second-order valence-electron chi connectivity index (χ2n) is 5.82. The van der Waals surface area contributed by atoms with Crippen LogP contribution in [0.3, 0.4) is 0 Å². The first-order valence-corrected chi connectivity index (χ1v) is 7.25. The molecule has 1 atom stereocenters. The second kappa shape index (κ2) is 6.51. The van der Waals surface area contributed by atoms with Gasteiger partial charge in [0.25, 0.3) is 0 Å². The van der Waals surface area contributed by atoms with E-state index in [0.717, 1.165) is 32.8 Å². The highest BCUT2D eigenvalue weighted by atomic mass is 16.5. The third-order valence-corrected chi connectivity index (χ3v) is 3.75. The first-order chi connectivity index (χ1) is 9.10. The molecule has 106 valence electrons. The van der Waals surface area contributed by atoms with Gasteiger partial charge < -0.3 is 10.1 Å². The summed E-state index contributed by atoms with van der Waals surface area (Å²) in [5.41, 5.74) is 1.42. The first-order valence-electron chi connectivity index (χ1n) is 7.25. The van der Waals surface area contributed by atoms with Crippen molar-refractivity contribution in [2.45, 2.75) is 32.4 Å². The van der Waals surface area contributed by atoms with Crippen LogP contribution in [0.2, 0.25) is 0 Å². The standard InChI is InChI=1S/C16H26N2O/c1-14(2)19-12-11-18-10-9-17-16(3,13-18)15-7-5-4-6-8-15/h4-8,14,17H,9-13H2,1-3H3. The number of ether oxygens (including phenoxy) is 1. The first kappa shape index (κ1) is 14.5. The maximum absolute atomic E-state index is 5.66. The number of hydrogen-bond acceptors (Lipinski definition) is 3. The molecule has 1 aromatic rings. The fraction of sp³-hybridized carbons (Fsp3) is 0.625. The van der Waals surface area contributed by atoms with Crippen LogP contribution >= 0.6 is 0 Å². The molecule has 1 aliphatic rings. The Labute approximate surface area is 116 Å². The number of hydrogen-bond donors (Lipinski definition) is 1. The molecule has 2 rings (SSSR count). The Kier molecular flexibility index (Phi) is 4.97. The van der Waals surface area contributed by atoms with Crippen LogP contribution in [0.4, 0.5) is 0 Å². The minimum absolute atomic E-state index is 0.0529. The molecule has 3 heteroatoms. The summed E-state index contributed by atoms with van der Waals surface area (Å²) in [5, 5.41) is 3.66. The van der Waals surface area contributed by atoms with Gasteiger partial charge in [-0.1, -0.05) is 30.3 Å². The molecular formula is C16H26N2O. The highest BCUT2D eigenvalue weighted by Gasteiger charge is 2.31. The third kappa shape index (κ3) is 4.03. The summed E-state index contributed by atoms with van der Waals surface area (Å²) in [6.07, 6.45) is 0.323. The zero-order valence-electron chi connectivity index (χ0n) is 12.4. The summed E-state index contributed by atoms with van der Waals surface area (Å²) in [5.74, 6) is 0. The summed E-state index contributed by atoms with van der Waals surface area (Å²) >= 11 is 0. The third-order valence-electron chi connectivity index (χ3n) is 3.75.